The van der Waals surface area contributed by atoms with Crippen molar-refractivity contribution in [2.24, 2.45) is 5.73 Å². The smallest absolute Gasteiger partial charge is 0.314 e. The summed E-state index contributed by atoms with van der Waals surface area (Å²) in [5.41, 5.74) is 7.08. The fraction of sp³-hybridized carbons (Fsp3) is 0.467. The van der Waals surface area contributed by atoms with E-state index in [0.29, 0.717) is 17.1 Å². The Morgan fingerprint density at radius 2 is 2.00 bits per heavy atom. The van der Waals surface area contributed by atoms with Gasteiger partial charge in [-0.1, -0.05) is 6.07 Å². The van der Waals surface area contributed by atoms with Gasteiger partial charge in [0.25, 0.3) is 0 Å². The van der Waals surface area contributed by atoms with Crippen molar-refractivity contribution >= 4 is 11.0 Å². The van der Waals surface area contributed by atoms with Gasteiger partial charge in [0.2, 0.25) is 0 Å². The maximum Gasteiger partial charge on any atom is 0.314 e. The van der Waals surface area contributed by atoms with Crippen molar-refractivity contribution in [2.45, 2.75) is 37.8 Å². The van der Waals surface area contributed by atoms with E-state index in [1.54, 1.807) is 6.07 Å². The van der Waals surface area contributed by atoms with Gasteiger partial charge < -0.3 is 20.4 Å². The van der Waals surface area contributed by atoms with Crippen LogP contribution in [0.4, 0.5) is 0 Å². The minimum atomic E-state index is -0.646. The molecule has 21 heavy (non-hydrogen) atoms. The number of hydrogen-bond donors (Lipinski definition) is 3. The molecule has 1 aliphatic heterocycles. The highest BCUT2D eigenvalue weighted by molar-refractivity contribution is 5.74. The van der Waals surface area contributed by atoms with Crippen LogP contribution >= 0.6 is 0 Å². The first kappa shape index (κ1) is 14.0. The summed E-state index contributed by atoms with van der Waals surface area (Å²) in [6.07, 6.45) is 4.35. The summed E-state index contributed by atoms with van der Waals surface area (Å²) in [4.78, 5) is 27.7. The van der Waals surface area contributed by atoms with Gasteiger partial charge in [-0.2, -0.15) is 0 Å². The summed E-state index contributed by atoms with van der Waals surface area (Å²) in [6, 6.07) is 5.38. The molecule has 2 atom stereocenters. The number of benzene rings is 1. The Balaban J connectivity index is 1.77. The third-order valence-corrected chi connectivity index (χ3v) is 4.00. The number of H-pyrrole nitrogens is 2. The number of rotatable bonds is 4. The van der Waals surface area contributed by atoms with Crippen molar-refractivity contribution in [2.75, 3.05) is 6.61 Å². The van der Waals surface area contributed by atoms with E-state index in [4.69, 9.17) is 10.5 Å². The molecule has 1 aromatic carbocycles. The molecule has 112 valence electrons. The summed E-state index contributed by atoms with van der Waals surface area (Å²) in [5.74, 6) is 0. The Kier molecular flexibility index (Phi) is 3.90. The third-order valence-electron chi connectivity index (χ3n) is 4.00. The second kappa shape index (κ2) is 5.83. The second-order valence-corrected chi connectivity index (χ2v) is 5.53. The number of aromatic nitrogens is 2. The van der Waals surface area contributed by atoms with E-state index in [2.05, 4.69) is 9.97 Å². The van der Waals surface area contributed by atoms with Gasteiger partial charge in [-0.25, -0.2) is 0 Å². The summed E-state index contributed by atoms with van der Waals surface area (Å²) >= 11 is 0. The average molecular weight is 289 g/mol. The predicted octanol–water partition coefficient (Wildman–Crippen LogP) is 1.18. The van der Waals surface area contributed by atoms with Crippen molar-refractivity contribution in [3.05, 3.63) is 44.5 Å². The first-order valence-corrected chi connectivity index (χ1v) is 7.27. The normalized spacial score (nSPS) is 20.0. The minimum absolute atomic E-state index is 0.103. The highest BCUT2D eigenvalue weighted by Crippen LogP contribution is 2.23. The molecule has 0 amide bonds. The van der Waals surface area contributed by atoms with Gasteiger partial charge in [0.05, 0.1) is 17.1 Å². The van der Waals surface area contributed by atoms with Crippen molar-refractivity contribution < 1.29 is 4.74 Å². The van der Waals surface area contributed by atoms with Crippen LogP contribution in [0.1, 0.15) is 37.3 Å². The lowest BCUT2D eigenvalue weighted by atomic mass is 9.99. The van der Waals surface area contributed by atoms with Crippen LogP contribution in [0.3, 0.4) is 0 Å². The molecule has 1 saturated heterocycles. The van der Waals surface area contributed by atoms with E-state index >= 15 is 0 Å². The van der Waals surface area contributed by atoms with E-state index in [-0.39, 0.29) is 6.04 Å². The molecular weight excluding hydrogens is 270 g/mol. The summed E-state index contributed by atoms with van der Waals surface area (Å²) in [7, 11) is 0. The van der Waals surface area contributed by atoms with Crippen molar-refractivity contribution in [1.82, 2.24) is 9.97 Å². The molecule has 0 radical (unpaired) electrons. The van der Waals surface area contributed by atoms with Gasteiger partial charge in [0, 0.05) is 12.6 Å². The lowest BCUT2D eigenvalue weighted by Crippen LogP contribution is -2.29. The first-order chi connectivity index (χ1) is 10.1. The van der Waals surface area contributed by atoms with Crippen LogP contribution in [-0.4, -0.2) is 22.7 Å². The molecule has 1 aliphatic rings. The molecule has 1 fully saturated rings. The molecule has 0 bridgehead atoms. The van der Waals surface area contributed by atoms with Crippen LogP contribution < -0.4 is 16.9 Å². The maximum atomic E-state index is 11.4. The van der Waals surface area contributed by atoms with Gasteiger partial charge in [-0.3, -0.25) is 9.59 Å². The van der Waals surface area contributed by atoms with Crippen LogP contribution in [0.5, 0.6) is 0 Å². The molecule has 0 spiro atoms. The molecule has 6 heteroatoms. The lowest BCUT2D eigenvalue weighted by Gasteiger charge is -2.15. The van der Waals surface area contributed by atoms with Crippen molar-refractivity contribution in [3.63, 3.8) is 0 Å². The van der Waals surface area contributed by atoms with Gasteiger partial charge >= 0.3 is 11.1 Å². The molecule has 1 aromatic heterocycles. The second-order valence-electron chi connectivity index (χ2n) is 5.53. The Bertz CT molecular complexity index is 744. The SMILES string of the molecule is NC(CCC1CCCO1)c1ccc2[nH]c(=O)c(=O)[nH]c2c1. The van der Waals surface area contributed by atoms with Crippen LogP contribution in [-0.2, 0) is 4.74 Å². The molecule has 2 heterocycles. The zero-order chi connectivity index (χ0) is 14.8. The minimum Gasteiger partial charge on any atom is -0.378 e. The number of hydrogen-bond acceptors (Lipinski definition) is 4. The summed E-state index contributed by atoms with van der Waals surface area (Å²) in [5, 5.41) is 0. The molecule has 2 unspecified atom stereocenters. The molecule has 2 aromatic rings. The molecule has 6 nitrogen and oxygen atoms in total. The number of aromatic amines is 2. The predicted molar refractivity (Wildman–Crippen MR) is 80.3 cm³/mol. The van der Waals surface area contributed by atoms with Gasteiger partial charge in [0.1, 0.15) is 0 Å². The average Bonchev–Trinajstić information content (AvgIpc) is 2.99. The van der Waals surface area contributed by atoms with E-state index in [0.717, 1.165) is 37.9 Å². The number of nitrogens with two attached hydrogens (primary N) is 1. The number of nitrogens with one attached hydrogen (secondary N) is 2. The third kappa shape index (κ3) is 3.06. The van der Waals surface area contributed by atoms with Crippen molar-refractivity contribution in [3.8, 4) is 0 Å². The standard InChI is InChI=1S/C15H19N3O3/c16-11(5-4-10-2-1-7-21-10)9-3-6-12-13(8-9)18-15(20)14(19)17-12/h3,6,8,10-11H,1-2,4-5,7,16H2,(H,17,19)(H,18,20). The van der Waals surface area contributed by atoms with Crippen molar-refractivity contribution in [1.29, 1.82) is 0 Å². The molecule has 3 rings (SSSR count). The number of ether oxygens (including phenoxy) is 1. The Morgan fingerprint density at radius 3 is 2.71 bits per heavy atom. The van der Waals surface area contributed by atoms with Crippen LogP contribution in [0.2, 0.25) is 0 Å². The van der Waals surface area contributed by atoms with Gasteiger partial charge in [0.15, 0.2) is 0 Å². The summed E-state index contributed by atoms with van der Waals surface area (Å²) < 4.78 is 5.60. The molecule has 0 aliphatic carbocycles. The quantitative estimate of drug-likeness (QED) is 0.735. The largest absolute Gasteiger partial charge is 0.378 e. The van der Waals surface area contributed by atoms with Crippen LogP contribution in [0, 0.1) is 0 Å². The van der Waals surface area contributed by atoms with Crippen LogP contribution in [0.25, 0.3) is 11.0 Å². The van der Waals surface area contributed by atoms with E-state index in [1.165, 1.54) is 0 Å². The van der Waals surface area contributed by atoms with E-state index < -0.39 is 11.1 Å². The monoisotopic (exact) mass is 289 g/mol. The Morgan fingerprint density at radius 1 is 1.24 bits per heavy atom. The van der Waals surface area contributed by atoms with E-state index in [9.17, 15) is 9.59 Å². The van der Waals surface area contributed by atoms with Gasteiger partial charge in [-0.05, 0) is 43.4 Å². The number of fused-ring (bicyclic) bond motifs is 1. The molecule has 0 saturated carbocycles. The lowest BCUT2D eigenvalue weighted by molar-refractivity contribution is 0.101. The topological polar surface area (TPSA) is 101 Å². The first-order valence-electron chi connectivity index (χ1n) is 7.27. The summed E-state index contributed by atoms with van der Waals surface area (Å²) in [6.45, 7) is 0.852. The highest BCUT2D eigenvalue weighted by atomic mass is 16.5. The van der Waals surface area contributed by atoms with Gasteiger partial charge in [-0.15, -0.1) is 0 Å². The highest BCUT2D eigenvalue weighted by Gasteiger charge is 2.17. The molecular formula is C15H19N3O3. The molecule has 4 N–H and O–H groups in total. The fourth-order valence-electron chi connectivity index (χ4n) is 2.77. The zero-order valence-electron chi connectivity index (χ0n) is 11.7. The zero-order valence-corrected chi connectivity index (χ0v) is 11.7. The fourth-order valence-corrected chi connectivity index (χ4v) is 2.77. The van der Waals surface area contributed by atoms with Crippen LogP contribution in [0.15, 0.2) is 27.8 Å². The maximum absolute atomic E-state index is 11.4. The van der Waals surface area contributed by atoms with E-state index in [1.807, 2.05) is 12.1 Å². The Labute approximate surface area is 121 Å². The Hall–Kier alpha value is -1.92.